The number of anilines is 3. The monoisotopic (exact) mass is 618 g/mol. The highest BCUT2D eigenvalue weighted by Crippen LogP contribution is 2.42. The molecule has 0 saturated carbocycles. The number of hydrogen-bond donors (Lipinski definition) is 1. The summed E-state index contributed by atoms with van der Waals surface area (Å²) in [6, 6.07) is 19.5. The van der Waals surface area contributed by atoms with Crippen molar-refractivity contribution in [1.29, 1.82) is 0 Å². The average Bonchev–Trinajstić information content (AvgIpc) is 3.37. The molecule has 2 aromatic carbocycles. The van der Waals surface area contributed by atoms with E-state index in [1.54, 1.807) is 36.1 Å². The molecule has 1 saturated heterocycles. The second-order valence-electron chi connectivity index (χ2n) is 10.9. The molecule has 0 aliphatic carbocycles. The number of fused-ring (bicyclic) bond motifs is 3. The van der Waals surface area contributed by atoms with Crippen LogP contribution in [0, 0.1) is 12.7 Å². The van der Waals surface area contributed by atoms with Gasteiger partial charge in [0.2, 0.25) is 0 Å². The predicted molar refractivity (Wildman–Crippen MR) is 169 cm³/mol. The summed E-state index contributed by atoms with van der Waals surface area (Å²) in [6.45, 7) is 2.13. The van der Waals surface area contributed by atoms with Gasteiger partial charge < -0.3 is 15.1 Å². The first-order chi connectivity index (χ1) is 20.6. The molecule has 0 spiro atoms. The zero-order valence-corrected chi connectivity index (χ0v) is 25.5. The van der Waals surface area contributed by atoms with Gasteiger partial charge in [0.05, 0.1) is 27.8 Å². The lowest BCUT2D eigenvalue weighted by Crippen LogP contribution is -2.39. The number of carbonyl (C=O) groups is 2. The summed E-state index contributed by atoms with van der Waals surface area (Å²) < 4.78 is 38.2. The van der Waals surface area contributed by atoms with Gasteiger partial charge in [-0.1, -0.05) is 36.4 Å². The molecule has 0 radical (unpaired) electrons. The average molecular weight is 619 g/mol. The van der Waals surface area contributed by atoms with Crippen LogP contribution in [0.25, 0.3) is 10.4 Å². The number of rotatable bonds is 5. The summed E-state index contributed by atoms with van der Waals surface area (Å²) in [7, 11) is -1.10. The predicted octanol–water partition coefficient (Wildman–Crippen LogP) is 5.73. The Hall–Kier alpha value is -4.09. The summed E-state index contributed by atoms with van der Waals surface area (Å²) in [5, 5.41) is 2.72. The summed E-state index contributed by atoms with van der Waals surface area (Å²) in [5.74, 6) is -0.169. The topological polar surface area (TPSA) is 99.7 Å². The summed E-state index contributed by atoms with van der Waals surface area (Å²) >= 11 is 1.32. The van der Waals surface area contributed by atoms with Gasteiger partial charge in [0.25, 0.3) is 11.8 Å². The number of aryl methyl sites for hydroxylation is 1. The Morgan fingerprint density at radius 1 is 1.05 bits per heavy atom. The number of pyridine rings is 1. The van der Waals surface area contributed by atoms with E-state index in [0.29, 0.717) is 47.8 Å². The Bertz CT molecular complexity index is 1800. The van der Waals surface area contributed by atoms with Crippen molar-refractivity contribution in [1.82, 2.24) is 4.98 Å². The van der Waals surface area contributed by atoms with Gasteiger partial charge in [-0.2, -0.15) is 0 Å². The van der Waals surface area contributed by atoms with Crippen molar-refractivity contribution >= 4 is 50.2 Å². The fraction of sp³-hybridized carbons (Fsp3) is 0.281. The number of aromatic nitrogens is 1. The van der Waals surface area contributed by atoms with Crippen LogP contribution in [-0.2, 0) is 16.3 Å². The van der Waals surface area contributed by atoms with Crippen LogP contribution >= 0.6 is 11.3 Å². The minimum absolute atomic E-state index is 0.0324. The lowest BCUT2D eigenvalue weighted by Gasteiger charge is -2.32. The molecule has 11 heteroatoms. The number of hydrogen-bond acceptors (Lipinski definition) is 7. The van der Waals surface area contributed by atoms with Gasteiger partial charge in [0, 0.05) is 30.1 Å². The molecular formula is C32H31FN4O4S2. The van der Waals surface area contributed by atoms with Gasteiger partial charge in [-0.05, 0) is 67.6 Å². The molecule has 43 heavy (non-hydrogen) atoms. The lowest BCUT2D eigenvalue weighted by atomic mass is 10.1. The number of amides is 2. The minimum atomic E-state index is -2.99. The molecule has 0 bridgehead atoms. The maximum absolute atomic E-state index is 14.4. The van der Waals surface area contributed by atoms with Crippen molar-refractivity contribution in [2.75, 3.05) is 40.2 Å². The molecule has 2 aromatic heterocycles. The van der Waals surface area contributed by atoms with Crippen LogP contribution in [0.1, 0.15) is 44.1 Å². The normalized spacial score (nSPS) is 16.1. The third kappa shape index (κ3) is 5.79. The van der Waals surface area contributed by atoms with Gasteiger partial charge in [-0.25, -0.2) is 17.8 Å². The molecule has 2 aliphatic rings. The van der Waals surface area contributed by atoms with Crippen molar-refractivity contribution in [2.45, 2.75) is 32.2 Å². The molecule has 2 amide bonds. The highest BCUT2D eigenvalue weighted by molar-refractivity contribution is 7.91. The van der Waals surface area contributed by atoms with Gasteiger partial charge in [0.1, 0.15) is 27.2 Å². The molecule has 6 rings (SSSR count). The molecule has 4 heterocycles. The van der Waals surface area contributed by atoms with Gasteiger partial charge in [-0.3, -0.25) is 9.59 Å². The number of thiophene rings is 1. The maximum Gasteiger partial charge on any atom is 0.276 e. The van der Waals surface area contributed by atoms with Crippen molar-refractivity contribution in [3.05, 3.63) is 94.2 Å². The zero-order valence-electron chi connectivity index (χ0n) is 23.8. The van der Waals surface area contributed by atoms with Gasteiger partial charge in [-0.15, -0.1) is 11.3 Å². The maximum atomic E-state index is 14.4. The fourth-order valence-corrected chi connectivity index (χ4v) is 8.32. The van der Waals surface area contributed by atoms with Crippen molar-refractivity contribution in [3.8, 4) is 10.4 Å². The van der Waals surface area contributed by atoms with E-state index in [0.717, 1.165) is 21.7 Å². The van der Waals surface area contributed by atoms with Crippen molar-refractivity contribution in [3.63, 3.8) is 0 Å². The second kappa shape index (κ2) is 11.5. The smallest absolute Gasteiger partial charge is 0.276 e. The number of benzene rings is 2. The number of nitrogens with one attached hydrogen (secondary N) is 1. The Labute approximate surface area is 254 Å². The quantitative estimate of drug-likeness (QED) is 0.307. The van der Waals surface area contributed by atoms with Crippen LogP contribution in [0.15, 0.2) is 66.7 Å². The van der Waals surface area contributed by atoms with E-state index in [-0.39, 0.29) is 35.0 Å². The molecule has 2 aliphatic heterocycles. The number of nitrogens with zero attached hydrogens (tertiary/aromatic N) is 3. The molecule has 0 unspecified atom stereocenters. The summed E-state index contributed by atoms with van der Waals surface area (Å²) in [4.78, 5) is 36.8. The second-order valence-corrected chi connectivity index (χ2v) is 14.3. The van der Waals surface area contributed by atoms with E-state index >= 15 is 0 Å². The highest BCUT2D eigenvalue weighted by atomic mass is 32.2. The number of sulfone groups is 1. The van der Waals surface area contributed by atoms with E-state index < -0.39 is 15.7 Å². The first-order valence-electron chi connectivity index (χ1n) is 14.1. The zero-order chi connectivity index (χ0) is 30.3. The van der Waals surface area contributed by atoms with E-state index in [1.807, 2.05) is 48.3 Å². The van der Waals surface area contributed by atoms with Gasteiger partial charge in [0.15, 0.2) is 0 Å². The third-order valence-corrected chi connectivity index (χ3v) is 11.1. The van der Waals surface area contributed by atoms with E-state index in [9.17, 15) is 22.4 Å². The summed E-state index contributed by atoms with van der Waals surface area (Å²) in [6.07, 6.45) is 1.58. The molecule has 0 atom stereocenters. The standard InChI is InChI=1S/C32H31FN4O4S2/c1-20-7-5-9-24(33)29(20)35-31(38)27-19-21-13-16-37(26-11-4-3-8-23(26)30(21)42-27)32(39)25-10-6-12-28(34-25)36(2)22-14-17-43(40,41)18-15-22/h3-12,19,22H,13-18H2,1-2H3,(H,35,38). The Morgan fingerprint density at radius 2 is 1.79 bits per heavy atom. The van der Waals surface area contributed by atoms with Crippen LogP contribution in [-0.4, -0.2) is 56.4 Å². The van der Waals surface area contributed by atoms with Crippen LogP contribution in [0.4, 0.5) is 21.6 Å². The number of carbonyl (C=O) groups excluding carboxylic acids is 2. The van der Waals surface area contributed by atoms with Gasteiger partial charge >= 0.3 is 0 Å². The molecule has 222 valence electrons. The minimum Gasteiger partial charge on any atom is -0.357 e. The Morgan fingerprint density at radius 3 is 2.56 bits per heavy atom. The molecule has 1 fully saturated rings. The summed E-state index contributed by atoms with van der Waals surface area (Å²) in [5.41, 5.74) is 3.61. The molecule has 4 aromatic rings. The SMILES string of the molecule is Cc1cccc(F)c1NC(=O)c1cc2c(s1)-c1ccccc1N(C(=O)c1cccc(N(C)C3CCS(=O)(=O)CC3)n1)CC2. The van der Waals surface area contributed by atoms with Crippen molar-refractivity contribution in [2.24, 2.45) is 0 Å². The molecular weight excluding hydrogens is 588 g/mol. The van der Waals surface area contributed by atoms with E-state index in [1.165, 1.54) is 17.4 Å². The molecule has 8 nitrogen and oxygen atoms in total. The third-order valence-electron chi connectivity index (χ3n) is 8.17. The molecule has 1 N–H and O–H groups in total. The lowest BCUT2D eigenvalue weighted by molar-refractivity contribution is 0.0981. The Balaban J connectivity index is 1.26. The van der Waals surface area contributed by atoms with E-state index in [4.69, 9.17) is 4.98 Å². The first-order valence-corrected chi connectivity index (χ1v) is 16.8. The Kier molecular flexibility index (Phi) is 7.78. The van der Waals surface area contributed by atoms with Crippen LogP contribution in [0.5, 0.6) is 0 Å². The largest absolute Gasteiger partial charge is 0.357 e. The van der Waals surface area contributed by atoms with Crippen LogP contribution in [0.2, 0.25) is 0 Å². The number of para-hydroxylation sites is 2. The number of halogens is 1. The fourth-order valence-electron chi connectivity index (χ4n) is 5.71. The first kappa shape index (κ1) is 29.0. The van der Waals surface area contributed by atoms with Crippen LogP contribution in [0.3, 0.4) is 0 Å². The van der Waals surface area contributed by atoms with Crippen LogP contribution < -0.4 is 15.1 Å². The highest BCUT2D eigenvalue weighted by Gasteiger charge is 2.30. The van der Waals surface area contributed by atoms with E-state index in [2.05, 4.69) is 5.32 Å². The van der Waals surface area contributed by atoms with Crippen molar-refractivity contribution < 1.29 is 22.4 Å².